The number of piperidine rings is 3. The summed E-state index contributed by atoms with van der Waals surface area (Å²) < 4.78 is 13.3. The Bertz CT molecular complexity index is 780. The van der Waals surface area contributed by atoms with E-state index < -0.39 is 0 Å². The third kappa shape index (κ3) is 3.30. The Kier molecular flexibility index (Phi) is 4.75. The number of carbonyl (C=O) groups excluding carboxylic acids is 2. The number of halogens is 1. The van der Waals surface area contributed by atoms with Crippen molar-refractivity contribution in [1.82, 2.24) is 15.1 Å². The van der Waals surface area contributed by atoms with E-state index in [-0.39, 0.29) is 35.3 Å². The number of fused-ring (bicyclic) bond motifs is 2. The minimum absolute atomic E-state index is 0.132. The van der Waals surface area contributed by atoms with Gasteiger partial charge in [-0.05, 0) is 75.0 Å². The molecule has 4 aliphatic rings. The molecular weight excluding hydrogens is 369 g/mol. The summed E-state index contributed by atoms with van der Waals surface area (Å²) in [5, 5.41) is 3.02. The summed E-state index contributed by atoms with van der Waals surface area (Å²) in [6.07, 6.45) is 7.69. The molecule has 4 saturated heterocycles. The molecule has 0 aliphatic carbocycles. The minimum atomic E-state index is -0.377. The van der Waals surface area contributed by atoms with Crippen LogP contribution in [0, 0.1) is 11.2 Å². The smallest absolute Gasteiger partial charge is 0.320 e. The highest BCUT2D eigenvalue weighted by Gasteiger charge is 2.49. The fraction of sp³-hybridized carbons (Fsp3) is 0.652. The van der Waals surface area contributed by atoms with Crippen molar-refractivity contribution in [3.63, 3.8) is 0 Å². The third-order valence-electron chi connectivity index (χ3n) is 7.74. The summed E-state index contributed by atoms with van der Waals surface area (Å²) in [6, 6.07) is 7.52. The number of hydrogen-bond acceptors (Lipinski definition) is 2. The molecule has 5 nitrogen and oxygen atoms in total. The SMILES string of the molecule is O=C(N1CCCC2(CCCNC2=O)C1)N1[C@@H]2CC[C@H]1CC(c1ccc(F)cc1)C2. The van der Waals surface area contributed by atoms with E-state index in [1.54, 1.807) is 0 Å². The number of carbonyl (C=O) groups is 2. The predicted molar refractivity (Wildman–Crippen MR) is 108 cm³/mol. The molecule has 5 rings (SSSR count). The molecule has 4 fully saturated rings. The summed E-state index contributed by atoms with van der Waals surface area (Å²) in [5.41, 5.74) is 0.809. The lowest BCUT2D eigenvalue weighted by Crippen LogP contribution is -2.59. The van der Waals surface area contributed by atoms with E-state index >= 15 is 0 Å². The third-order valence-corrected chi connectivity index (χ3v) is 7.74. The number of hydrogen-bond donors (Lipinski definition) is 1. The van der Waals surface area contributed by atoms with Crippen LogP contribution in [-0.4, -0.2) is 53.5 Å². The minimum Gasteiger partial charge on any atom is -0.356 e. The molecule has 4 aliphatic heterocycles. The highest BCUT2D eigenvalue weighted by Crippen LogP contribution is 2.44. The molecular formula is C23H30FN3O2. The molecule has 29 heavy (non-hydrogen) atoms. The van der Waals surface area contributed by atoms with Crippen LogP contribution >= 0.6 is 0 Å². The molecule has 0 aromatic heterocycles. The van der Waals surface area contributed by atoms with Gasteiger partial charge in [0.1, 0.15) is 5.82 Å². The Morgan fingerprint density at radius 2 is 1.76 bits per heavy atom. The van der Waals surface area contributed by atoms with Gasteiger partial charge in [-0.15, -0.1) is 0 Å². The zero-order valence-corrected chi connectivity index (χ0v) is 16.9. The topological polar surface area (TPSA) is 52.7 Å². The van der Waals surface area contributed by atoms with Crippen LogP contribution in [-0.2, 0) is 4.79 Å². The van der Waals surface area contributed by atoms with E-state index in [1.165, 1.54) is 17.7 Å². The van der Waals surface area contributed by atoms with Crippen molar-refractivity contribution < 1.29 is 14.0 Å². The van der Waals surface area contributed by atoms with Crippen LogP contribution in [0.4, 0.5) is 9.18 Å². The molecule has 1 aromatic carbocycles. The first-order valence-electron chi connectivity index (χ1n) is 11.2. The monoisotopic (exact) mass is 399 g/mol. The number of amides is 3. The lowest BCUT2D eigenvalue weighted by Gasteiger charge is -2.47. The van der Waals surface area contributed by atoms with Gasteiger partial charge < -0.3 is 15.1 Å². The molecule has 156 valence electrons. The number of urea groups is 1. The van der Waals surface area contributed by atoms with Crippen LogP contribution in [0.1, 0.15) is 62.8 Å². The zero-order chi connectivity index (χ0) is 20.0. The van der Waals surface area contributed by atoms with Gasteiger partial charge in [-0.1, -0.05) is 12.1 Å². The maximum Gasteiger partial charge on any atom is 0.320 e. The second-order valence-corrected chi connectivity index (χ2v) is 9.46. The van der Waals surface area contributed by atoms with Crippen molar-refractivity contribution >= 4 is 11.9 Å². The maximum absolute atomic E-state index is 13.5. The van der Waals surface area contributed by atoms with E-state index in [9.17, 15) is 14.0 Å². The Morgan fingerprint density at radius 3 is 2.45 bits per heavy atom. The number of nitrogens with one attached hydrogen (secondary N) is 1. The number of rotatable bonds is 1. The molecule has 0 saturated carbocycles. The first kappa shape index (κ1) is 18.9. The quantitative estimate of drug-likeness (QED) is 0.784. The fourth-order valence-corrected chi connectivity index (χ4v) is 6.27. The van der Waals surface area contributed by atoms with Gasteiger partial charge in [0.05, 0.1) is 5.41 Å². The first-order chi connectivity index (χ1) is 14.1. The molecule has 1 spiro atoms. The molecule has 2 bridgehead atoms. The van der Waals surface area contributed by atoms with Gasteiger partial charge in [-0.3, -0.25) is 4.79 Å². The van der Waals surface area contributed by atoms with Gasteiger partial charge in [-0.25, -0.2) is 9.18 Å². The van der Waals surface area contributed by atoms with E-state index in [0.29, 0.717) is 12.5 Å². The van der Waals surface area contributed by atoms with Crippen molar-refractivity contribution in [2.45, 2.75) is 69.4 Å². The molecule has 0 radical (unpaired) electrons. The van der Waals surface area contributed by atoms with Crippen molar-refractivity contribution in [1.29, 1.82) is 0 Å². The van der Waals surface area contributed by atoms with Gasteiger partial charge in [0.2, 0.25) is 5.91 Å². The van der Waals surface area contributed by atoms with Crippen molar-refractivity contribution in [3.8, 4) is 0 Å². The second kappa shape index (κ2) is 7.29. The number of likely N-dealkylation sites (tertiary alicyclic amines) is 1. The van der Waals surface area contributed by atoms with Crippen LogP contribution < -0.4 is 5.32 Å². The normalized spacial score (nSPS) is 34.4. The van der Waals surface area contributed by atoms with E-state index in [4.69, 9.17) is 0 Å². The van der Waals surface area contributed by atoms with Crippen LogP contribution in [0.2, 0.25) is 0 Å². The van der Waals surface area contributed by atoms with E-state index in [2.05, 4.69) is 10.2 Å². The van der Waals surface area contributed by atoms with Crippen LogP contribution in [0.25, 0.3) is 0 Å². The Labute approximate surface area is 171 Å². The highest BCUT2D eigenvalue weighted by molar-refractivity contribution is 5.85. The van der Waals surface area contributed by atoms with Crippen molar-refractivity contribution in [2.75, 3.05) is 19.6 Å². The molecule has 1 aromatic rings. The van der Waals surface area contributed by atoms with Crippen molar-refractivity contribution in [2.24, 2.45) is 5.41 Å². The molecule has 1 N–H and O–H groups in total. The molecule has 4 heterocycles. The predicted octanol–water partition coefficient (Wildman–Crippen LogP) is 3.65. The largest absolute Gasteiger partial charge is 0.356 e. The molecule has 6 heteroatoms. The average Bonchev–Trinajstić information content (AvgIpc) is 3.00. The average molecular weight is 400 g/mol. The number of nitrogens with zero attached hydrogens (tertiary/aromatic N) is 2. The molecule has 3 amide bonds. The first-order valence-corrected chi connectivity index (χ1v) is 11.2. The number of benzene rings is 1. The van der Waals surface area contributed by atoms with Gasteiger partial charge in [0.15, 0.2) is 0 Å². The second-order valence-electron chi connectivity index (χ2n) is 9.46. The summed E-state index contributed by atoms with van der Waals surface area (Å²) in [7, 11) is 0. The van der Waals surface area contributed by atoms with Gasteiger partial charge in [-0.2, -0.15) is 0 Å². The maximum atomic E-state index is 13.5. The van der Waals surface area contributed by atoms with E-state index in [0.717, 1.165) is 64.5 Å². The Balaban J connectivity index is 1.30. The summed E-state index contributed by atoms with van der Waals surface area (Å²) in [6.45, 7) is 2.08. The Morgan fingerprint density at radius 1 is 1.07 bits per heavy atom. The van der Waals surface area contributed by atoms with Crippen LogP contribution in [0.3, 0.4) is 0 Å². The highest BCUT2D eigenvalue weighted by atomic mass is 19.1. The van der Waals surface area contributed by atoms with Crippen LogP contribution in [0.15, 0.2) is 24.3 Å². The lowest BCUT2D eigenvalue weighted by molar-refractivity contribution is -0.136. The molecule has 2 unspecified atom stereocenters. The standard InChI is InChI=1S/C23H30FN3O2/c24-18-5-3-16(4-6-18)17-13-19-7-8-20(14-17)27(19)22(29)26-12-2-10-23(15-26)9-1-11-25-21(23)28/h3-6,17,19-20H,1-2,7-15H2,(H,25,28)/t17?,19-,20+,23?. The van der Waals surface area contributed by atoms with Gasteiger partial charge in [0.25, 0.3) is 0 Å². The van der Waals surface area contributed by atoms with Crippen LogP contribution in [0.5, 0.6) is 0 Å². The van der Waals surface area contributed by atoms with Gasteiger partial charge in [0, 0.05) is 31.7 Å². The fourth-order valence-electron chi connectivity index (χ4n) is 6.27. The van der Waals surface area contributed by atoms with Crippen molar-refractivity contribution in [3.05, 3.63) is 35.6 Å². The Hall–Kier alpha value is -2.11. The summed E-state index contributed by atoms with van der Waals surface area (Å²) >= 11 is 0. The molecule has 4 atom stereocenters. The zero-order valence-electron chi connectivity index (χ0n) is 16.9. The van der Waals surface area contributed by atoms with E-state index in [1.807, 2.05) is 17.0 Å². The summed E-state index contributed by atoms with van der Waals surface area (Å²) in [4.78, 5) is 30.2. The summed E-state index contributed by atoms with van der Waals surface area (Å²) in [5.74, 6) is 0.336. The van der Waals surface area contributed by atoms with Gasteiger partial charge >= 0.3 is 6.03 Å². The lowest BCUT2D eigenvalue weighted by atomic mass is 9.73.